The standard InChI is InChI=1S/C13H18F3N3O/c1-12(2,3)10(6-17)19-11(20)9-5-4-8(7-18-9)13(14,15)16/h4-5,7,10H,6,17H2,1-3H3,(H,19,20). The third-order valence-corrected chi connectivity index (χ3v) is 2.91. The van der Waals surface area contributed by atoms with Crippen LogP contribution in [0.25, 0.3) is 0 Å². The van der Waals surface area contributed by atoms with Crippen LogP contribution in [0.2, 0.25) is 0 Å². The maximum atomic E-state index is 12.4. The van der Waals surface area contributed by atoms with Crippen LogP contribution >= 0.6 is 0 Å². The predicted octanol–water partition coefficient (Wildman–Crippen LogP) is 2.20. The first-order valence-electron chi connectivity index (χ1n) is 6.10. The largest absolute Gasteiger partial charge is 0.417 e. The average Bonchev–Trinajstić information content (AvgIpc) is 2.33. The highest BCUT2D eigenvalue weighted by molar-refractivity contribution is 5.92. The Hall–Kier alpha value is -1.63. The number of carbonyl (C=O) groups is 1. The molecule has 1 atom stereocenters. The Bertz CT molecular complexity index is 463. The zero-order chi connectivity index (χ0) is 15.6. The van der Waals surface area contributed by atoms with Gasteiger partial charge in [-0.25, -0.2) is 0 Å². The molecule has 3 N–H and O–H groups in total. The second-order valence-corrected chi connectivity index (χ2v) is 5.56. The van der Waals surface area contributed by atoms with E-state index >= 15 is 0 Å². The normalized spacial score (nSPS) is 13.9. The van der Waals surface area contributed by atoms with E-state index in [0.29, 0.717) is 6.20 Å². The molecular formula is C13H18F3N3O. The van der Waals surface area contributed by atoms with Gasteiger partial charge < -0.3 is 11.1 Å². The van der Waals surface area contributed by atoms with Crippen molar-refractivity contribution >= 4 is 5.91 Å². The SMILES string of the molecule is CC(C)(C)C(CN)NC(=O)c1ccc(C(F)(F)F)cn1. The second kappa shape index (κ2) is 5.78. The molecule has 1 unspecified atom stereocenters. The van der Waals surface area contributed by atoms with E-state index in [4.69, 9.17) is 5.73 Å². The van der Waals surface area contributed by atoms with Gasteiger partial charge in [0.05, 0.1) is 5.56 Å². The number of nitrogens with two attached hydrogens (primary N) is 1. The minimum Gasteiger partial charge on any atom is -0.346 e. The molecule has 0 aromatic carbocycles. The fourth-order valence-corrected chi connectivity index (χ4v) is 1.56. The molecule has 7 heteroatoms. The summed E-state index contributed by atoms with van der Waals surface area (Å²) in [6.07, 6.45) is -3.82. The number of rotatable bonds is 3. The molecule has 1 heterocycles. The van der Waals surface area contributed by atoms with Gasteiger partial charge >= 0.3 is 6.18 Å². The molecule has 0 saturated carbocycles. The Balaban J connectivity index is 2.83. The van der Waals surface area contributed by atoms with E-state index in [2.05, 4.69) is 10.3 Å². The molecule has 1 rings (SSSR count). The van der Waals surface area contributed by atoms with Crippen molar-refractivity contribution in [3.05, 3.63) is 29.6 Å². The Labute approximate surface area is 115 Å². The third-order valence-electron chi connectivity index (χ3n) is 2.91. The number of nitrogens with one attached hydrogen (secondary N) is 1. The van der Waals surface area contributed by atoms with E-state index in [1.165, 1.54) is 0 Å². The smallest absolute Gasteiger partial charge is 0.346 e. The minimum atomic E-state index is -4.47. The number of carbonyl (C=O) groups excluding carboxylic acids is 1. The van der Waals surface area contributed by atoms with Gasteiger partial charge in [0.1, 0.15) is 5.69 Å². The maximum absolute atomic E-state index is 12.4. The van der Waals surface area contributed by atoms with Crippen molar-refractivity contribution in [1.29, 1.82) is 0 Å². The highest BCUT2D eigenvalue weighted by Crippen LogP contribution is 2.28. The minimum absolute atomic E-state index is 0.0688. The number of nitrogens with zero attached hydrogens (tertiary/aromatic N) is 1. The number of hydrogen-bond acceptors (Lipinski definition) is 3. The van der Waals surface area contributed by atoms with Crippen LogP contribution in [-0.4, -0.2) is 23.5 Å². The van der Waals surface area contributed by atoms with Gasteiger partial charge in [-0.15, -0.1) is 0 Å². The molecule has 1 aromatic rings. The molecule has 1 amide bonds. The van der Waals surface area contributed by atoms with E-state index in [1.54, 1.807) is 0 Å². The lowest BCUT2D eigenvalue weighted by molar-refractivity contribution is -0.137. The zero-order valence-electron chi connectivity index (χ0n) is 11.6. The number of amides is 1. The Morgan fingerprint density at radius 1 is 1.35 bits per heavy atom. The van der Waals surface area contributed by atoms with Gasteiger partial charge in [0.25, 0.3) is 5.91 Å². The molecule has 1 aromatic heterocycles. The van der Waals surface area contributed by atoms with E-state index in [0.717, 1.165) is 12.1 Å². The fourth-order valence-electron chi connectivity index (χ4n) is 1.56. The van der Waals surface area contributed by atoms with Gasteiger partial charge in [-0.1, -0.05) is 20.8 Å². The summed E-state index contributed by atoms with van der Waals surface area (Å²) in [6, 6.07) is 1.59. The quantitative estimate of drug-likeness (QED) is 0.896. The van der Waals surface area contributed by atoms with Crippen LogP contribution in [0, 0.1) is 5.41 Å². The van der Waals surface area contributed by atoms with Crippen LogP contribution in [0.3, 0.4) is 0 Å². The van der Waals surface area contributed by atoms with Gasteiger partial charge in [-0.3, -0.25) is 9.78 Å². The van der Waals surface area contributed by atoms with Crippen molar-refractivity contribution < 1.29 is 18.0 Å². The van der Waals surface area contributed by atoms with Gasteiger partial charge in [0.15, 0.2) is 0 Å². The first kappa shape index (κ1) is 16.4. The Morgan fingerprint density at radius 3 is 2.30 bits per heavy atom. The molecule has 112 valence electrons. The van der Waals surface area contributed by atoms with E-state index in [-0.39, 0.29) is 23.7 Å². The topological polar surface area (TPSA) is 68.0 Å². The number of aromatic nitrogens is 1. The highest BCUT2D eigenvalue weighted by atomic mass is 19.4. The lowest BCUT2D eigenvalue weighted by atomic mass is 9.86. The van der Waals surface area contributed by atoms with Crippen LogP contribution in [0.15, 0.2) is 18.3 Å². The molecule has 4 nitrogen and oxygen atoms in total. The molecule has 0 bridgehead atoms. The summed E-state index contributed by atoms with van der Waals surface area (Å²) >= 11 is 0. The monoisotopic (exact) mass is 289 g/mol. The average molecular weight is 289 g/mol. The fraction of sp³-hybridized carbons (Fsp3) is 0.538. The third kappa shape index (κ3) is 4.19. The Kier molecular flexibility index (Phi) is 4.75. The zero-order valence-corrected chi connectivity index (χ0v) is 11.6. The van der Waals surface area contributed by atoms with Crippen molar-refractivity contribution in [1.82, 2.24) is 10.3 Å². The van der Waals surface area contributed by atoms with Crippen LogP contribution in [0.4, 0.5) is 13.2 Å². The molecule has 0 aliphatic rings. The summed E-state index contributed by atoms with van der Waals surface area (Å²) in [6.45, 7) is 5.96. The molecule has 0 aliphatic heterocycles. The predicted molar refractivity (Wildman–Crippen MR) is 69.0 cm³/mol. The first-order chi connectivity index (χ1) is 9.05. The van der Waals surface area contributed by atoms with Crippen molar-refractivity contribution in [2.45, 2.75) is 33.0 Å². The molecular weight excluding hydrogens is 271 g/mol. The molecule has 0 fully saturated rings. The number of halogens is 3. The van der Waals surface area contributed by atoms with Crippen LogP contribution in [0.5, 0.6) is 0 Å². The number of hydrogen-bond donors (Lipinski definition) is 2. The van der Waals surface area contributed by atoms with Gasteiger partial charge in [-0.2, -0.15) is 13.2 Å². The summed E-state index contributed by atoms with van der Waals surface area (Å²) in [7, 11) is 0. The van der Waals surface area contributed by atoms with Crippen molar-refractivity contribution in [3.8, 4) is 0 Å². The second-order valence-electron chi connectivity index (χ2n) is 5.56. The van der Waals surface area contributed by atoms with Crippen molar-refractivity contribution in [2.75, 3.05) is 6.54 Å². The highest BCUT2D eigenvalue weighted by Gasteiger charge is 2.31. The number of pyridine rings is 1. The molecule has 20 heavy (non-hydrogen) atoms. The maximum Gasteiger partial charge on any atom is 0.417 e. The van der Waals surface area contributed by atoms with Crippen LogP contribution < -0.4 is 11.1 Å². The summed E-state index contributed by atoms with van der Waals surface area (Å²) in [5.41, 5.74) is 4.37. The van der Waals surface area contributed by atoms with Crippen LogP contribution in [-0.2, 0) is 6.18 Å². The van der Waals surface area contributed by atoms with E-state index in [1.807, 2.05) is 20.8 Å². The summed E-state index contributed by atoms with van der Waals surface area (Å²) in [5, 5.41) is 2.67. The van der Waals surface area contributed by atoms with Crippen molar-refractivity contribution in [3.63, 3.8) is 0 Å². The Morgan fingerprint density at radius 2 is 1.95 bits per heavy atom. The van der Waals surface area contributed by atoms with Gasteiger partial charge in [-0.05, 0) is 17.5 Å². The first-order valence-corrected chi connectivity index (χ1v) is 6.10. The van der Waals surface area contributed by atoms with Gasteiger partial charge in [0, 0.05) is 18.8 Å². The molecule has 0 aliphatic carbocycles. The number of alkyl halides is 3. The lowest BCUT2D eigenvalue weighted by Gasteiger charge is -2.30. The van der Waals surface area contributed by atoms with E-state index in [9.17, 15) is 18.0 Å². The molecule has 0 saturated heterocycles. The van der Waals surface area contributed by atoms with E-state index < -0.39 is 17.6 Å². The van der Waals surface area contributed by atoms with Crippen LogP contribution in [0.1, 0.15) is 36.8 Å². The summed E-state index contributed by atoms with van der Waals surface area (Å²) in [4.78, 5) is 15.5. The van der Waals surface area contributed by atoms with Crippen molar-refractivity contribution in [2.24, 2.45) is 11.1 Å². The van der Waals surface area contributed by atoms with Gasteiger partial charge in [0.2, 0.25) is 0 Å². The molecule has 0 spiro atoms. The molecule has 0 radical (unpaired) electrons. The lowest BCUT2D eigenvalue weighted by Crippen LogP contribution is -2.48. The summed E-state index contributed by atoms with van der Waals surface area (Å²) < 4.78 is 37.2. The summed E-state index contributed by atoms with van der Waals surface area (Å²) in [5.74, 6) is -0.538.